The van der Waals surface area contributed by atoms with E-state index >= 15 is 0 Å². The monoisotopic (exact) mass is 204 g/mol. The highest BCUT2D eigenvalue weighted by atomic mass is 15.3. The van der Waals surface area contributed by atoms with Crippen LogP contribution in [0.1, 0.15) is 25.3 Å². The topological polar surface area (TPSA) is 15.0 Å². The molecule has 1 aromatic rings. The molecule has 2 rings (SSSR count). The molecule has 1 aliphatic heterocycles. The molecule has 1 unspecified atom stereocenters. The maximum absolute atomic E-state index is 3.24. The van der Waals surface area contributed by atoms with E-state index in [2.05, 4.69) is 48.3 Å². The Morgan fingerprint density at radius 3 is 2.80 bits per heavy atom. The number of nitrogens with one attached hydrogen (secondary N) is 1. The van der Waals surface area contributed by atoms with Gasteiger partial charge >= 0.3 is 0 Å². The summed E-state index contributed by atoms with van der Waals surface area (Å²) in [5.74, 6) is 0.608. The van der Waals surface area contributed by atoms with Crippen molar-refractivity contribution in [2.45, 2.75) is 25.8 Å². The summed E-state index contributed by atoms with van der Waals surface area (Å²) < 4.78 is 0. The molecule has 0 saturated carbocycles. The van der Waals surface area contributed by atoms with Gasteiger partial charge in [-0.2, -0.15) is 0 Å². The molecule has 0 aromatic heterocycles. The molecule has 0 aliphatic carbocycles. The summed E-state index contributed by atoms with van der Waals surface area (Å²) in [4.78, 5) is 2.48. The second-order valence-corrected chi connectivity index (χ2v) is 4.58. The zero-order valence-electron chi connectivity index (χ0n) is 9.83. The first kappa shape index (κ1) is 10.5. The lowest BCUT2D eigenvalue weighted by Gasteiger charge is -2.14. The van der Waals surface area contributed by atoms with Gasteiger partial charge in [-0.25, -0.2) is 0 Å². The summed E-state index contributed by atoms with van der Waals surface area (Å²) in [5, 5.41) is 3.24. The van der Waals surface area contributed by atoms with Gasteiger partial charge in [0.25, 0.3) is 0 Å². The predicted molar refractivity (Wildman–Crippen MR) is 65.6 cm³/mol. The Balaban J connectivity index is 2.15. The molecule has 1 heterocycles. The second-order valence-electron chi connectivity index (χ2n) is 4.58. The lowest BCUT2D eigenvalue weighted by atomic mass is 10.0. The van der Waals surface area contributed by atoms with Crippen LogP contribution in [0.25, 0.3) is 0 Å². The van der Waals surface area contributed by atoms with Crippen LogP contribution in [0.15, 0.2) is 24.3 Å². The van der Waals surface area contributed by atoms with Crippen LogP contribution >= 0.6 is 0 Å². The molecule has 1 atom stereocenters. The number of hydrogen-bond acceptors (Lipinski definition) is 2. The van der Waals surface area contributed by atoms with Crippen molar-refractivity contribution >= 4 is 5.69 Å². The maximum Gasteiger partial charge on any atom is 0.0590 e. The van der Waals surface area contributed by atoms with Gasteiger partial charge in [-0.1, -0.05) is 32.0 Å². The van der Waals surface area contributed by atoms with Gasteiger partial charge in [-0.15, -0.1) is 0 Å². The van der Waals surface area contributed by atoms with Crippen LogP contribution in [0.2, 0.25) is 0 Å². The van der Waals surface area contributed by atoms with Crippen LogP contribution in [-0.2, 0) is 0 Å². The van der Waals surface area contributed by atoms with Crippen LogP contribution in [0.4, 0.5) is 5.69 Å². The van der Waals surface area contributed by atoms with E-state index < -0.39 is 0 Å². The van der Waals surface area contributed by atoms with Gasteiger partial charge in [0, 0.05) is 18.8 Å². The standard InChI is InChI=1S/C13H20N2/c1-10(2)12-6-4-5-7-13(12)15-9-11(15)8-14-3/h4-7,10-11,14H,8-9H2,1-3H3. The van der Waals surface area contributed by atoms with E-state index in [0.29, 0.717) is 12.0 Å². The number of rotatable bonds is 4. The zero-order valence-corrected chi connectivity index (χ0v) is 9.83. The Bertz CT molecular complexity index is 333. The Morgan fingerprint density at radius 1 is 1.40 bits per heavy atom. The summed E-state index contributed by atoms with van der Waals surface area (Å²) >= 11 is 0. The largest absolute Gasteiger partial charge is 0.363 e. The van der Waals surface area contributed by atoms with E-state index in [1.165, 1.54) is 17.8 Å². The number of nitrogens with zero attached hydrogens (tertiary/aromatic N) is 1. The molecule has 1 aliphatic rings. The van der Waals surface area contributed by atoms with Crippen molar-refractivity contribution in [3.05, 3.63) is 29.8 Å². The fraction of sp³-hybridized carbons (Fsp3) is 0.538. The van der Waals surface area contributed by atoms with Gasteiger partial charge in [0.1, 0.15) is 0 Å². The minimum atomic E-state index is 0.608. The SMILES string of the molecule is CNCC1CN1c1ccccc1C(C)C. The van der Waals surface area contributed by atoms with E-state index in [1.807, 2.05) is 7.05 Å². The number of para-hydroxylation sites is 1. The molecule has 0 radical (unpaired) electrons. The summed E-state index contributed by atoms with van der Waals surface area (Å²) in [7, 11) is 2.02. The maximum atomic E-state index is 3.24. The van der Waals surface area contributed by atoms with Crippen LogP contribution in [0.5, 0.6) is 0 Å². The van der Waals surface area contributed by atoms with Crippen molar-refractivity contribution in [1.82, 2.24) is 5.32 Å². The first-order valence-electron chi connectivity index (χ1n) is 5.74. The van der Waals surface area contributed by atoms with Crippen LogP contribution < -0.4 is 10.2 Å². The molecule has 1 aromatic carbocycles. The van der Waals surface area contributed by atoms with Crippen molar-refractivity contribution < 1.29 is 0 Å². The van der Waals surface area contributed by atoms with Gasteiger partial charge < -0.3 is 10.2 Å². The van der Waals surface area contributed by atoms with E-state index in [9.17, 15) is 0 Å². The minimum absolute atomic E-state index is 0.608. The van der Waals surface area contributed by atoms with Gasteiger partial charge in [0.05, 0.1) is 6.04 Å². The Hall–Kier alpha value is -1.02. The molecule has 15 heavy (non-hydrogen) atoms. The highest BCUT2D eigenvalue weighted by Crippen LogP contribution is 2.34. The third-order valence-corrected chi connectivity index (χ3v) is 3.02. The number of benzene rings is 1. The van der Waals surface area contributed by atoms with Gasteiger partial charge in [0.15, 0.2) is 0 Å². The molecular weight excluding hydrogens is 184 g/mol. The van der Waals surface area contributed by atoms with E-state index in [-0.39, 0.29) is 0 Å². The first-order valence-corrected chi connectivity index (χ1v) is 5.74. The van der Waals surface area contributed by atoms with Crippen LogP contribution in [0, 0.1) is 0 Å². The predicted octanol–water partition coefficient (Wildman–Crippen LogP) is 2.22. The van der Waals surface area contributed by atoms with Crippen molar-refractivity contribution in [1.29, 1.82) is 0 Å². The number of hydrogen-bond donors (Lipinski definition) is 1. The lowest BCUT2D eigenvalue weighted by Crippen LogP contribution is -2.17. The molecule has 2 heteroatoms. The molecule has 2 nitrogen and oxygen atoms in total. The first-order chi connectivity index (χ1) is 7.24. The average Bonchev–Trinajstić information content (AvgIpc) is 2.98. The van der Waals surface area contributed by atoms with Crippen LogP contribution in [0.3, 0.4) is 0 Å². The quantitative estimate of drug-likeness (QED) is 0.756. The molecule has 0 spiro atoms. The van der Waals surface area contributed by atoms with E-state index in [1.54, 1.807) is 0 Å². The Labute approximate surface area is 92.3 Å². The molecular formula is C13H20N2. The summed E-state index contributed by atoms with van der Waals surface area (Å²) in [6.45, 7) is 6.81. The molecule has 1 N–H and O–H groups in total. The fourth-order valence-electron chi connectivity index (χ4n) is 2.12. The number of likely N-dealkylation sites (N-methyl/N-ethyl adjacent to an activating group) is 1. The lowest BCUT2D eigenvalue weighted by molar-refractivity contribution is 0.787. The van der Waals surface area contributed by atoms with Gasteiger partial charge in [0.2, 0.25) is 0 Å². The third kappa shape index (κ3) is 2.15. The van der Waals surface area contributed by atoms with E-state index in [0.717, 1.165) is 6.54 Å². The molecule has 82 valence electrons. The summed E-state index contributed by atoms with van der Waals surface area (Å²) in [6.07, 6.45) is 0. The molecule has 1 saturated heterocycles. The smallest absolute Gasteiger partial charge is 0.0590 e. The fourth-order valence-corrected chi connectivity index (χ4v) is 2.12. The molecule has 0 amide bonds. The summed E-state index contributed by atoms with van der Waals surface area (Å²) in [5.41, 5.74) is 2.89. The van der Waals surface area contributed by atoms with Crippen molar-refractivity contribution in [2.75, 3.05) is 25.0 Å². The van der Waals surface area contributed by atoms with E-state index in [4.69, 9.17) is 0 Å². The minimum Gasteiger partial charge on any atom is -0.363 e. The van der Waals surface area contributed by atoms with Gasteiger partial charge in [-0.3, -0.25) is 0 Å². The normalized spacial score (nSPS) is 19.7. The Kier molecular flexibility index (Phi) is 2.96. The Morgan fingerprint density at radius 2 is 2.13 bits per heavy atom. The number of anilines is 1. The molecule has 0 bridgehead atoms. The highest BCUT2D eigenvalue weighted by molar-refractivity contribution is 5.60. The highest BCUT2D eigenvalue weighted by Gasteiger charge is 2.34. The van der Waals surface area contributed by atoms with Crippen molar-refractivity contribution in [3.8, 4) is 0 Å². The van der Waals surface area contributed by atoms with Gasteiger partial charge in [-0.05, 0) is 24.6 Å². The molecule has 1 fully saturated rings. The second kappa shape index (κ2) is 4.23. The third-order valence-electron chi connectivity index (χ3n) is 3.02. The summed E-state index contributed by atoms with van der Waals surface area (Å²) in [6, 6.07) is 9.46. The average molecular weight is 204 g/mol. The van der Waals surface area contributed by atoms with Crippen molar-refractivity contribution in [3.63, 3.8) is 0 Å². The van der Waals surface area contributed by atoms with Crippen molar-refractivity contribution in [2.24, 2.45) is 0 Å². The van der Waals surface area contributed by atoms with Crippen LogP contribution in [-0.4, -0.2) is 26.2 Å². The zero-order chi connectivity index (χ0) is 10.8.